The van der Waals surface area contributed by atoms with Gasteiger partial charge in [0.15, 0.2) is 0 Å². The van der Waals surface area contributed by atoms with Gasteiger partial charge >= 0.3 is 0 Å². The monoisotopic (exact) mass is 1110 g/mol. The molecule has 7 heteroatoms. The molecule has 10 aromatic carbocycles. The summed E-state index contributed by atoms with van der Waals surface area (Å²) in [7, 11) is 0. The van der Waals surface area contributed by atoms with Gasteiger partial charge in [0.2, 0.25) is 5.78 Å². The molecule has 0 spiro atoms. The first-order valence-electron chi connectivity index (χ1n) is 24.2. The molecule has 5 heterocycles. The second-order valence-electron chi connectivity index (χ2n) is 18.1. The second kappa shape index (κ2) is 18.2. The zero-order valence-electron chi connectivity index (χ0n) is 39.2. The van der Waals surface area contributed by atoms with Crippen molar-refractivity contribution in [2.45, 2.75) is 0 Å². The summed E-state index contributed by atoms with van der Waals surface area (Å²) in [5, 5.41) is 4.73. The van der Waals surface area contributed by atoms with Gasteiger partial charge in [0, 0.05) is 64.8 Å². The van der Waals surface area contributed by atoms with Crippen LogP contribution in [0.2, 0.25) is 0 Å². The number of para-hydroxylation sites is 6. The van der Waals surface area contributed by atoms with E-state index in [1.54, 1.807) is 6.20 Å². The minimum absolute atomic E-state index is 0. The van der Waals surface area contributed by atoms with E-state index in [-0.39, 0.29) is 20.1 Å². The number of hydrogen-bond donors (Lipinski definition) is 0. The maximum atomic E-state index is 6.37. The first-order chi connectivity index (χ1) is 35.7. The van der Waals surface area contributed by atoms with Crippen molar-refractivity contribution in [2.75, 3.05) is 0 Å². The Kier molecular flexibility index (Phi) is 11.0. The average molecular weight is 1110 g/mol. The van der Waals surface area contributed by atoms with Gasteiger partial charge in [0.25, 0.3) is 0 Å². The smallest absolute Gasteiger partial charge is 0.220 e. The van der Waals surface area contributed by atoms with E-state index in [0.717, 1.165) is 89.1 Å². The van der Waals surface area contributed by atoms with Crippen molar-refractivity contribution in [1.29, 1.82) is 0 Å². The van der Waals surface area contributed by atoms with Gasteiger partial charge in [-0.2, -0.15) is 0 Å². The van der Waals surface area contributed by atoms with E-state index in [0.29, 0.717) is 0 Å². The third-order valence-electron chi connectivity index (χ3n) is 13.9. The number of aromatic nitrogens is 5. The van der Waals surface area contributed by atoms with Crippen molar-refractivity contribution in [1.82, 2.24) is 23.5 Å². The van der Waals surface area contributed by atoms with Gasteiger partial charge in [-0.25, -0.2) is 4.98 Å². The summed E-state index contributed by atoms with van der Waals surface area (Å²) in [5.74, 6) is 0.911. The van der Waals surface area contributed by atoms with Gasteiger partial charge in [-0.3, -0.25) is 8.97 Å². The molecule has 0 fully saturated rings. The van der Waals surface area contributed by atoms with Gasteiger partial charge in [0.05, 0.1) is 33.1 Å². The molecule has 347 valence electrons. The number of rotatable bonds is 6. The van der Waals surface area contributed by atoms with Gasteiger partial charge in [-0.15, -0.1) is 35.4 Å². The molecule has 1 radical (unpaired) electrons. The summed E-state index contributed by atoms with van der Waals surface area (Å²) in [6.45, 7) is 0. The van der Waals surface area contributed by atoms with Gasteiger partial charge in [-0.05, 0) is 107 Å². The fourth-order valence-corrected chi connectivity index (χ4v) is 10.6. The molecule has 0 aliphatic heterocycles. The Morgan fingerprint density at radius 1 is 0.397 bits per heavy atom. The van der Waals surface area contributed by atoms with Crippen LogP contribution in [0.5, 0.6) is 0 Å². The fraction of sp³-hybridized carbons (Fsp3) is 0. The molecule has 5 aromatic heterocycles. The summed E-state index contributed by atoms with van der Waals surface area (Å²) >= 11 is 0. The molecule has 0 aliphatic carbocycles. The van der Waals surface area contributed by atoms with Crippen LogP contribution < -0.4 is 0 Å². The zero-order chi connectivity index (χ0) is 47.5. The van der Waals surface area contributed by atoms with E-state index in [1.807, 2.05) is 54.6 Å². The van der Waals surface area contributed by atoms with Crippen LogP contribution in [0, 0.1) is 6.07 Å². The molecular formula is C66H42IrN5O-. The molecule has 0 atom stereocenters. The summed E-state index contributed by atoms with van der Waals surface area (Å²) in [5.41, 5.74) is 19.7. The molecule has 73 heavy (non-hydrogen) atoms. The molecular weight excluding hydrogens is 1070 g/mol. The standard InChI is InChI=1S/C49H30N4O.C17H12N.Ir/c1-2-11-34(12-3-1)52-44-18-7-8-19-45(44)53-46-30-33(23-27-41(46)50-49(52)53)32-24-28-43-40(29-32)37-13-4-6-17-42(37)51(43)35-25-21-31(22-26-35)36-15-10-16-39-38-14-5-9-20-47(38)54-48(36)39;1-2-7-14(8-3-1)15-9-6-10-16(13-15)17-11-4-5-12-18-17;/h1-30H;1-9,11-13H;/q;-1;. The largest absolute Gasteiger partial charge is 0.455 e. The van der Waals surface area contributed by atoms with E-state index >= 15 is 0 Å². The van der Waals surface area contributed by atoms with Crippen LogP contribution in [0.3, 0.4) is 0 Å². The molecule has 6 nitrogen and oxygen atoms in total. The first kappa shape index (κ1) is 43.9. The molecule has 0 bridgehead atoms. The van der Waals surface area contributed by atoms with Crippen molar-refractivity contribution < 1.29 is 24.5 Å². The predicted molar refractivity (Wildman–Crippen MR) is 296 cm³/mol. The van der Waals surface area contributed by atoms with E-state index in [2.05, 4.69) is 219 Å². The zero-order valence-corrected chi connectivity index (χ0v) is 41.6. The van der Waals surface area contributed by atoms with E-state index in [4.69, 9.17) is 9.40 Å². The maximum Gasteiger partial charge on any atom is 0.220 e. The van der Waals surface area contributed by atoms with Crippen molar-refractivity contribution in [3.63, 3.8) is 0 Å². The quantitative estimate of drug-likeness (QED) is 0.156. The predicted octanol–water partition coefficient (Wildman–Crippen LogP) is 17.0. The Bertz CT molecular complexity index is 4440. The SMILES string of the molecule is [Ir].[c-]1ccc(-c2ccccc2)cc1-c1ccccn1.c1ccc(-n2c3ccccc3n3c4cc(-c5ccc6c(c5)c5ccccc5n6-c5ccc(-c6cccc7c6oc6ccccc67)cc5)ccc4nc23)cc1. The average Bonchev–Trinajstić information content (AvgIpc) is 4.21. The van der Waals surface area contributed by atoms with Crippen molar-refractivity contribution in [3.05, 3.63) is 261 Å². The number of imidazole rings is 2. The van der Waals surface area contributed by atoms with Crippen molar-refractivity contribution in [3.8, 4) is 56.0 Å². The Hall–Kier alpha value is -9.13. The Balaban J connectivity index is 0.000000230. The van der Waals surface area contributed by atoms with Crippen LogP contribution in [0.4, 0.5) is 0 Å². The molecule has 0 saturated heterocycles. The van der Waals surface area contributed by atoms with Crippen LogP contribution >= 0.6 is 0 Å². The third kappa shape index (κ3) is 7.53. The topological polar surface area (TPSA) is 53.2 Å². The minimum Gasteiger partial charge on any atom is -0.455 e. The fourth-order valence-electron chi connectivity index (χ4n) is 10.6. The van der Waals surface area contributed by atoms with Crippen LogP contribution in [-0.2, 0) is 20.1 Å². The minimum atomic E-state index is 0. The van der Waals surface area contributed by atoms with Gasteiger partial charge < -0.3 is 14.0 Å². The van der Waals surface area contributed by atoms with Crippen LogP contribution in [-0.4, -0.2) is 23.5 Å². The molecule has 15 aromatic rings. The number of hydrogen-bond acceptors (Lipinski definition) is 3. The number of fused-ring (bicyclic) bond motifs is 11. The van der Waals surface area contributed by atoms with Gasteiger partial charge in [-0.1, -0.05) is 152 Å². The molecule has 0 saturated carbocycles. The third-order valence-corrected chi connectivity index (χ3v) is 13.9. The molecule has 0 aliphatic rings. The molecule has 0 unspecified atom stereocenters. The van der Waals surface area contributed by atoms with Crippen LogP contribution in [0.25, 0.3) is 128 Å². The van der Waals surface area contributed by atoms with Crippen molar-refractivity contribution in [2.24, 2.45) is 0 Å². The Morgan fingerprint density at radius 3 is 1.86 bits per heavy atom. The van der Waals surface area contributed by atoms with Crippen LogP contribution in [0.1, 0.15) is 0 Å². The normalized spacial score (nSPS) is 11.5. The van der Waals surface area contributed by atoms with E-state index in [9.17, 15) is 0 Å². The number of benzene rings is 10. The molecule has 0 amide bonds. The van der Waals surface area contributed by atoms with Gasteiger partial charge in [0.1, 0.15) is 11.2 Å². The summed E-state index contributed by atoms with van der Waals surface area (Å²) in [6, 6.07) is 90.4. The number of furan rings is 1. The first-order valence-corrected chi connectivity index (χ1v) is 24.2. The van der Waals surface area contributed by atoms with E-state index < -0.39 is 0 Å². The summed E-state index contributed by atoms with van der Waals surface area (Å²) in [4.78, 5) is 9.51. The number of nitrogens with zero attached hydrogens (tertiary/aromatic N) is 5. The molecule has 15 rings (SSSR count). The van der Waals surface area contributed by atoms with Crippen LogP contribution in [0.15, 0.2) is 259 Å². The summed E-state index contributed by atoms with van der Waals surface area (Å²) in [6.07, 6.45) is 1.80. The maximum absolute atomic E-state index is 6.37. The molecule has 0 N–H and O–H groups in total. The summed E-state index contributed by atoms with van der Waals surface area (Å²) < 4.78 is 13.3. The number of pyridine rings is 1. The Morgan fingerprint density at radius 2 is 1.04 bits per heavy atom. The van der Waals surface area contributed by atoms with E-state index in [1.165, 1.54) is 38.5 Å². The Labute approximate surface area is 434 Å². The second-order valence-corrected chi connectivity index (χ2v) is 18.1. The van der Waals surface area contributed by atoms with Crippen molar-refractivity contribution >= 4 is 71.6 Å².